The van der Waals surface area contributed by atoms with Gasteiger partial charge in [-0.05, 0) is 25.0 Å². The maximum atomic E-state index is 12.9. The molecule has 0 N–H and O–H groups in total. The average molecular weight is 332 g/mol. The van der Waals surface area contributed by atoms with Crippen molar-refractivity contribution in [2.75, 3.05) is 39.9 Å². The molecule has 2 aliphatic heterocycles. The van der Waals surface area contributed by atoms with Crippen molar-refractivity contribution in [3.8, 4) is 5.75 Å². The normalized spacial score (nSPS) is 24.1. The first-order valence-electron chi connectivity index (χ1n) is 8.36. The molecule has 0 aliphatic carbocycles. The standard InChI is InChI=1S/C18H24N2O4/c1-14(21)19-9-5-8-18(12-19)13-20(10-11-24-18)17(22)15-6-3-4-7-16(15)23-2/h3-4,6-7H,5,8-13H2,1-2H3/t18-/m0/s1. The van der Waals surface area contributed by atoms with E-state index in [9.17, 15) is 9.59 Å². The van der Waals surface area contributed by atoms with Crippen LogP contribution in [0.2, 0.25) is 0 Å². The van der Waals surface area contributed by atoms with Gasteiger partial charge in [0.15, 0.2) is 0 Å². The third-order valence-corrected chi connectivity index (χ3v) is 4.86. The fourth-order valence-corrected chi connectivity index (χ4v) is 3.62. The molecule has 2 aliphatic rings. The Morgan fingerprint density at radius 3 is 2.67 bits per heavy atom. The van der Waals surface area contributed by atoms with E-state index in [0.29, 0.717) is 37.6 Å². The molecular weight excluding hydrogens is 308 g/mol. The summed E-state index contributed by atoms with van der Waals surface area (Å²) >= 11 is 0. The largest absolute Gasteiger partial charge is 0.496 e. The molecule has 0 radical (unpaired) electrons. The minimum atomic E-state index is -0.445. The number of hydrogen-bond acceptors (Lipinski definition) is 4. The first kappa shape index (κ1) is 16.8. The second-order valence-electron chi connectivity index (χ2n) is 6.50. The Morgan fingerprint density at radius 1 is 1.17 bits per heavy atom. The van der Waals surface area contributed by atoms with E-state index in [1.54, 1.807) is 26.2 Å². The van der Waals surface area contributed by atoms with Crippen molar-refractivity contribution in [2.45, 2.75) is 25.4 Å². The van der Waals surface area contributed by atoms with Gasteiger partial charge in [-0.25, -0.2) is 0 Å². The molecule has 24 heavy (non-hydrogen) atoms. The van der Waals surface area contributed by atoms with E-state index in [1.165, 1.54) is 0 Å². The lowest BCUT2D eigenvalue weighted by Gasteiger charge is -2.47. The van der Waals surface area contributed by atoms with Crippen LogP contribution in [0, 0.1) is 0 Å². The Morgan fingerprint density at radius 2 is 1.92 bits per heavy atom. The van der Waals surface area contributed by atoms with Crippen molar-refractivity contribution in [1.82, 2.24) is 9.80 Å². The van der Waals surface area contributed by atoms with Gasteiger partial charge < -0.3 is 19.3 Å². The second kappa shape index (κ2) is 6.81. The van der Waals surface area contributed by atoms with Crippen molar-refractivity contribution in [1.29, 1.82) is 0 Å². The lowest BCUT2D eigenvalue weighted by molar-refractivity contribution is -0.151. The van der Waals surface area contributed by atoms with E-state index in [2.05, 4.69) is 0 Å². The molecule has 6 nitrogen and oxygen atoms in total. The van der Waals surface area contributed by atoms with E-state index in [4.69, 9.17) is 9.47 Å². The van der Waals surface area contributed by atoms with Crippen LogP contribution >= 0.6 is 0 Å². The van der Waals surface area contributed by atoms with Gasteiger partial charge in [-0.15, -0.1) is 0 Å². The van der Waals surface area contributed by atoms with Crippen LogP contribution in [0.4, 0.5) is 0 Å². The third-order valence-electron chi connectivity index (χ3n) is 4.86. The highest BCUT2D eigenvalue weighted by molar-refractivity contribution is 5.97. The zero-order chi connectivity index (χ0) is 17.2. The van der Waals surface area contributed by atoms with E-state index >= 15 is 0 Å². The fraction of sp³-hybridized carbons (Fsp3) is 0.556. The molecule has 3 rings (SSSR count). The van der Waals surface area contributed by atoms with Crippen molar-refractivity contribution < 1.29 is 19.1 Å². The molecule has 1 atom stereocenters. The molecular formula is C18H24N2O4. The summed E-state index contributed by atoms with van der Waals surface area (Å²) in [6.45, 7) is 4.46. The van der Waals surface area contributed by atoms with Gasteiger partial charge in [0.2, 0.25) is 5.91 Å². The van der Waals surface area contributed by atoms with E-state index in [0.717, 1.165) is 19.4 Å². The molecule has 130 valence electrons. The van der Waals surface area contributed by atoms with Crippen LogP contribution in [0.1, 0.15) is 30.1 Å². The number of morpholine rings is 1. The summed E-state index contributed by atoms with van der Waals surface area (Å²) in [5, 5.41) is 0. The summed E-state index contributed by atoms with van der Waals surface area (Å²) in [6.07, 6.45) is 1.77. The minimum Gasteiger partial charge on any atom is -0.496 e. The van der Waals surface area contributed by atoms with Gasteiger partial charge in [-0.2, -0.15) is 0 Å². The Kier molecular flexibility index (Phi) is 4.76. The minimum absolute atomic E-state index is 0.0462. The Hall–Kier alpha value is -2.08. The Balaban J connectivity index is 1.78. The highest BCUT2D eigenvalue weighted by Crippen LogP contribution is 2.30. The van der Waals surface area contributed by atoms with Crippen LogP contribution in [0.25, 0.3) is 0 Å². The summed E-state index contributed by atoms with van der Waals surface area (Å²) in [6, 6.07) is 7.26. The van der Waals surface area contributed by atoms with Gasteiger partial charge in [0.25, 0.3) is 5.91 Å². The molecule has 0 unspecified atom stereocenters. The zero-order valence-electron chi connectivity index (χ0n) is 14.3. The number of ether oxygens (including phenoxy) is 2. The SMILES string of the molecule is COc1ccccc1C(=O)N1CCO[C@]2(CCCN(C(C)=O)C2)C1. The predicted octanol–water partition coefficient (Wildman–Crippen LogP) is 1.55. The van der Waals surface area contributed by atoms with Crippen LogP contribution in [-0.2, 0) is 9.53 Å². The number of nitrogens with zero attached hydrogens (tertiary/aromatic N) is 2. The van der Waals surface area contributed by atoms with Crippen molar-refractivity contribution in [3.05, 3.63) is 29.8 Å². The van der Waals surface area contributed by atoms with Crippen LogP contribution in [0.5, 0.6) is 5.75 Å². The van der Waals surface area contributed by atoms with Gasteiger partial charge >= 0.3 is 0 Å². The maximum Gasteiger partial charge on any atom is 0.257 e. The molecule has 6 heteroatoms. The lowest BCUT2D eigenvalue weighted by Crippen LogP contribution is -2.61. The van der Waals surface area contributed by atoms with Gasteiger partial charge in [0.05, 0.1) is 32.4 Å². The van der Waals surface area contributed by atoms with Gasteiger partial charge in [-0.1, -0.05) is 12.1 Å². The molecule has 1 aromatic rings. The molecule has 2 fully saturated rings. The second-order valence-corrected chi connectivity index (χ2v) is 6.50. The molecule has 0 saturated carbocycles. The summed E-state index contributed by atoms with van der Waals surface area (Å²) in [7, 11) is 1.57. The molecule has 1 aromatic carbocycles. The number of benzene rings is 1. The van der Waals surface area contributed by atoms with Crippen molar-refractivity contribution >= 4 is 11.8 Å². The number of carbonyl (C=O) groups excluding carboxylic acids is 2. The lowest BCUT2D eigenvalue weighted by atomic mass is 9.90. The number of para-hydroxylation sites is 1. The van der Waals surface area contributed by atoms with Crippen molar-refractivity contribution in [3.63, 3.8) is 0 Å². The number of amides is 2. The fourth-order valence-electron chi connectivity index (χ4n) is 3.62. The summed E-state index contributed by atoms with van der Waals surface area (Å²) < 4.78 is 11.4. The zero-order valence-corrected chi connectivity index (χ0v) is 14.3. The third kappa shape index (κ3) is 3.24. The van der Waals surface area contributed by atoms with Crippen molar-refractivity contribution in [2.24, 2.45) is 0 Å². The number of carbonyl (C=O) groups is 2. The summed E-state index contributed by atoms with van der Waals surface area (Å²) in [4.78, 5) is 28.3. The number of hydrogen-bond donors (Lipinski definition) is 0. The number of likely N-dealkylation sites (tertiary alicyclic amines) is 1. The van der Waals surface area contributed by atoms with Crippen LogP contribution in [0.3, 0.4) is 0 Å². The first-order chi connectivity index (χ1) is 11.5. The van der Waals surface area contributed by atoms with Crippen LogP contribution < -0.4 is 4.74 Å². The average Bonchev–Trinajstić information content (AvgIpc) is 2.61. The quantitative estimate of drug-likeness (QED) is 0.824. The smallest absolute Gasteiger partial charge is 0.257 e. The van der Waals surface area contributed by atoms with Crippen LogP contribution in [0.15, 0.2) is 24.3 Å². The molecule has 2 saturated heterocycles. The monoisotopic (exact) mass is 332 g/mol. The van der Waals surface area contributed by atoms with Gasteiger partial charge in [0.1, 0.15) is 11.4 Å². The van der Waals surface area contributed by atoms with Gasteiger partial charge in [-0.3, -0.25) is 9.59 Å². The maximum absolute atomic E-state index is 12.9. The number of rotatable bonds is 2. The molecule has 1 spiro atoms. The van der Waals surface area contributed by atoms with Crippen LogP contribution in [-0.4, -0.2) is 67.1 Å². The highest BCUT2D eigenvalue weighted by Gasteiger charge is 2.42. The molecule has 2 amide bonds. The first-order valence-corrected chi connectivity index (χ1v) is 8.36. The number of piperidine rings is 1. The van der Waals surface area contributed by atoms with Gasteiger partial charge in [0, 0.05) is 20.0 Å². The van der Waals surface area contributed by atoms with E-state index in [1.807, 2.05) is 21.9 Å². The summed E-state index contributed by atoms with van der Waals surface area (Å²) in [5.74, 6) is 0.595. The highest BCUT2D eigenvalue weighted by atomic mass is 16.5. The molecule has 2 heterocycles. The Bertz CT molecular complexity index is 629. The topological polar surface area (TPSA) is 59.1 Å². The summed E-state index contributed by atoms with van der Waals surface area (Å²) in [5.41, 5.74) is 0.121. The Labute approximate surface area is 142 Å². The molecule has 0 aromatic heterocycles. The van der Waals surface area contributed by atoms with E-state index < -0.39 is 5.60 Å². The molecule has 0 bridgehead atoms. The predicted molar refractivity (Wildman–Crippen MR) is 89.1 cm³/mol. The number of methoxy groups -OCH3 is 1. The van der Waals surface area contributed by atoms with E-state index in [-0.39, 0.29) is 11.8 Å².